The standard InChI is InChI=1S/C18H13BrCl2N2O3/c1-2-7-25-16-5-3-13(19)8-12(16)10-22-23-18(24)11-26-17-6-4-14(20)9-15(17)21/h1,3-6,8-10H,7,11H2,(H,23,24)/b22-10+. The van der Waals surface area contributed by atoms with Gasteiger partial charge in [-0.25, -0.2) is 5.43 Å². The Bertz CT molecular complexity index is 866. The minimum atomic E-state index is -0.451. The molecule has 0 saturated carbocycles. The van der Waals surface area contributed by atoms with Gasteiger partial charge in [-0.15, -0.1) is 6.42 Å². The lowest BCUT2D eigenvalue weighted by Crippen LogP contribution is -2.24. The molecule has 2 aromatic rings. The highest BCUT2D eigenvalue weighted by atomic mass is 79.9. The van der Waals surface area contributed by atoms with Gasteiger partial charge in [0.2, 0.25) is 0 Å². The van der Waals surface area contributed by atoms with Gasteiger partial charge in [-0.05, 0) is 36.4 Å². The molecule has 1 amide bonds. The number of nitrogens with zero attached hydrogens (tertiary/aromatic N) is 1. The fraction of sp³-hybridized carbons (Fsp3) is 0.111. The SMILES string of the molecule is C#CCOc1ccc(Br)cc1/C=N/NC(=O)COc1ccc(Cl)cc1Cl. The second kappa shape index (κ2) is 10.1. The fourth-order valence-corrected chi connectivity index (χ4v) is 2.65. The van der Waals surface area contributed by atoms with E-state index in [4.69, 9.17) is 39.1 Å². The first-order valence-electron chi connectivity index (χ1n) is 7.25. The quantitative estimate of drug-likeness (QED) is 0.384. The number of benzene rings is 2. The van der Waals surface area contributed by atoms with Crippen LogP contribution in [0.15, 0.2) is 46.0 Å². The molecular weight excluding hydrogens is 443 g/mol. The van der Waals surface area contributed by atoms with Crippen molar-refractivity contribution >= 4 is 51.3 Å². The fourth-order valence-electron chi connectivity index (χ4n) is 1.81. The minimum Gasteiger partial charge on any atom is -0.482 e. The number of halogens is 3. The average Bonchev–Trinajstić information content (AvgIpc) is 2.60. The van der Waals surface area contributed by atoms with Gasteiger partial charge < -0.3 is 9.47 Å². The van der Waals surface area contributed by atoms with Crippen molar-refractivity contribution in [2.75, 3.05) is 13.2 Å². The summed E-state index contributed by atoms with van der Waals surface area (Å²) in [6.07, 6.45) is 6.64. The first-order chi connectivity index (χ1) is 12.5. The van der Waals surface area contributed by atoms with E-state index in [-0.39, 0.29) is 13.2 Å². The van der Waals surface area contributed by atoms with Crippen molar-refractivity contribution in [3.8, 4) is 23.8 Å². The Hall–Kier alpha value is -2.20. The first-order valence-corrected chi connectivity index (χ1v) is 8.80. The van der Waals surface area contributed by atoms with Crippen LogP contribution in [0, 0.1) is 12.3 Å². The van der Waals surface area contributed by atoms with Gasteiger partial charge in [-0.3, -0.25) is 4.79 Å². The van der Waals surface area contributed by atoms with Gasteiger partial charge in [-0.1, -0.05) is 45.1 Å². The summed E-state index contributed by atoms with van der Waals surface area (Å²) < 4.78 is 11.6. The predicted molar refractivity (Wildman–Crippen MR) is 106 cm³/mol. The van der Waals surface area contributed by atoms with E-state index in [1.54, 1.807) is 24.3 Å². The van der Waals surface area contributed by atoms with Crippen LogP contribution in [0.2, 0.25) is 10.0 Å². The molecule has 0 atom stereocenters. The van der Waals surface area contributed by atoms with E-state index in [2.05, 4.69) is 32.4 Å². The van der Waals surface area contributed by atoms with Crippen LogP contribution in [0.3, 0.4) is 0 Å². The van der Waals surface area contributed by atoms with E-state index in [9.17, 15) is 4.79 Å². The van der Waals surface area contributed by atoms with Crippen molar-refractivity contribution in [3.63, 3.8) is 0 Å². The molecule has 1 N–H and O–H groups in total. The van der Waals surface area contributed by atoms with E-state index in [1.807, 2.05) is 6.07 Å². The molecule has 0 bridgehead atoms. The van der Waals surface area contributed by atoms with Gasteiger partial charge in [0.15, 0.2) is 6.61 Å². The Labute approximate surface area is 169 Å². The van der Waals surface area contributed by atoms with Gasteiger partial charge in [0.05, 0.1) is 11.2 Å². The minimum absolute atomic E-state index is 0.129. The number of nitrogens with one attached hydrogen (secondary N) is 1. The topological polar surface area (TPSA) is 59.9 Å². The van der Waals surface area contributed by atoms with Crippen molar-refractivity contribution in [1.29, 1.82) is 0 Å². The lowest BCUT2D eigenvalue weighted by Gasteiger charge is -2.08. The summed E-state index contributed by atoms with van der Waals surface area (Å²) in [5.41, 5.74) is 3.01. The average molecular weight is 456 g/mol. The third-order valence-corrected chi connectivity index (χ3v) is 3.95. The van der Waals surface area contributed by atoms with E-state index in [0.29, 0.717) is 27.1 Å². The molecular formula is C18H13BrCl2N2O3. The van der Waals surface area contributed by atoms with Crippen LogP contribution in [0.1, 0.15) is 5.56 Å². The highest BCUT2D eigenvalue weighted by Gasteiger charge is 2.06. The summed E-state index contributed by atoms with van der Waals surface area (Å²) in [5, 5.41) is 4.69. The highest BCUT2D eigenvalue weighted by molar-refractivity contribution is 9.10. The molecule has 0 aromatic heterocycles. The molecule has 0 saturated heterocycles. The number of hydrogen-bond donors (Lipinski definition) is 1. The highest BCUT2D eigenvalue weighted by Crippen LogP contribution is 2.27. The largest absolute Gasteiger partial charge is 0.482 e. The molecule has 2 aromatic carbocycles. The molecule has 0 fully saturated rings. The Morgan fingerprint density at radius 2 is 2.00 bits per heavy atom. The van der Waals surface area contributed by atoms with Gasteiger partial charge in [0.1, 0.15) is 18.1 Å². The number of hydrazone groups is 1. The molecule has 8 heteroatoms. The smallest absolute Gasteiger partial charge is 0.277 e. The lowest BCUT2D eigenvalue weighted by atomic mass is 10.2. The van der Waals surface area contributed by atoms with E-state index < -0.39 is 5.91 Å². The van der Waals surface area contributed by atoms with Crippen LogP contribution in [0.5, 0.6) is 11.5 Å². The number of hydrogen-bond acceptors (Lipinski definition) is 4. The number of carbonyl (C=O) groups excluding carboxylic acids is 1. The van der Waals surface area contributed by atoms with Crippen molar-refractivity contribution in [3.05, 3.63) is 56.5 Å². The number of rotatable bonds is 7. The maximum atomic E-state index is 11.8. The normalized spacial score (nSPS) is 10.4. The molecule has 26 heavy (non-hydrogen) atoms. The summed E-state index contributed by atoms with van der Waals surface area (Å²) in [6.45, 7) is -0.123. The van der Waals surface area contributed by atoms with E-state index >= 15 is 0 Å². The molecule has 134 valence electrons. The van der Waals surface area contributed by atoms with Crippen LogP contribution < -0.4 is 14.9 Å². The van der Waals surface area contributed by atoms with Gasteiger partial charge in [-0.2, -0.15) is 5.10 Å². The zero-order valence-corrected chi connectivity index (χ0v) is 16.4. The van der Waals surface area contributed by atoms with Crippen molar-refractivity contribution in [2.24, 2.45) is 5.10 Å². The van der Waals surface area contributed by atoms with Gasteiger partial charge in [0.25, 0.3) is 5.91 Å². The first kappa shape index (κ1) is 20.1. The van der Waals surface area contributed by atoms with E-state index in [1.165, 1.54) is 12.3 Å². The third-order valence-electron chi connectivity index (χ3n) is 2.93. The van der Waals surface area contributed by atoms with Crippen LogP contribution in [0.25, 0.3) is 0 Å². The number of terminal acetylenes is 1. The van der Waals surface area contributed by atoms with E-state index in [0.717, 1.165) is 4.47 Å². The van der Waals surface area contributed by atoms with Crippen LogP contribution >= 0.6 is 39.1 Å². The summed E-state index contributed by atoms with van der Waals surface area (Å²) in [7, 11) is 0. The summed E-state index contributed by atoms with van der Waals surface area (Å²) in [6, 6.07) is 10.1. The number of ether oxygens (including phenoxy) is 2. The molecule has 2 rings (SSSR count). The lowest BCUT2D eigenvalue weighted by molar-refractivity contribution is -0.123. The van der Waals surface area contributed by atoms with Crippen LogP contribution in [-0.2, 0) is 4.79 Å². The van der Waals surface area contributed by atoms with Crippen LogP contribution in [0.4, 0.5) is 0 Å². The zero-order chi connectivity index (χ0) is 18.9. The molecule has 5 nitrogen and oxygen atoms in total. The molecule has 0 heterocycles. The molecule has 0 unspecified atom stereocenters. The summed E-state index contributed by atoms with van der Waals surface area (Å²) in [4.78, 5) is 11.8. The van der Waals surface area contributed by atoms with Crippen molar-refractivity contribution in [2.45, 2.75) is 0 Å². The maximum absolute atomic E-state index is 11.8. The zero-order valence-electron chi connectivity index (χ0n) is 13.3. The van der Waals surface area contributed by atoms with Gasteiger partial charge in [0, 0.05) is 15.1 Å². The van der Waals surface area contributed by atoms with Crippen molar-refractivity contribution in [1.82, 2.24) is 5.43 Å². The molecule has 0 radical (unpaired) electrons. The van der Waals surface area contributed by atoms with Crippen molar-refractivity contribution < 1.29 is 14.3 Å². The third kappa shape index (κ3) is 6.26. The molecule has 0 aliphatic heterocycles. The Morgan fingerprint density at radius 3 is 2.73 bits per heavy atom. The maximum Gasteiger partial charge on any atom is 0.277 e. The molecule has 0 spiro atoms. The second-order valence-electron chi connectivity index (χ2n) is 4.83. The Kier molecular flexibility index (Phi) is 7.79. The number of amides is 1. The van der Waals surface area contributed by atoms with Gasteiger partial charge >= 0.3 is 0 Å². The second-order valence-corrected chi connectivity index (χ2v) is 6.59. The monoisotopic (exact) mass is 454 g/mol. The summed E-state index contributed by atoms with van der Waals surface area (Å²) >= 11 is 15.1. The Morgan fingerprint density at radius 1 is 1.23 bits per heavy atom. The molecule has 0 aliphatic carbocycles. The number of carbonyl (C=O) groups is 1. The van der Waals surface area contributed by atoms with Crippen LogP contribution in [-0.4, -0.2) is 25.3 Å². The Balaban J connectivity index is 1.92. The predicted octanol–water partition coefficient (Wildman–Crippen LogP) is 4.30. The summed E-state index contributed by atoms with van der Waals surface area (Å²) in [5.74, 6) is 2.84. The molecule has 0 aliphatic rings.